The van der Waals surface area contributed by atoms with Crippen LogP contribution in [0.25, 0.3) is 0 Å². The van der Waals surface area contributed by atoms with E-state index in [1.54, 1.807) is 7.11 Å². The van der Waals surface area contributed by atoms with Gasteiger partial charge in [-0.3, -0.25) is 0 Å². The molecule has 0 spiro atoms. The van der Waals surface area contributed by atoms with E-state index in [1.807, 2.05) is 14.0 Å². The first-order valence-electron chi connectivity index (χ1n) is 6.47. The summed E-state index contributed by atoms with van der Waals surface area (Å²) >= 11 is 0. The molecular formula is C13H22N4O. The van der Waals surface area contributed by atoms with Crippen LogP contribution in [-0.2, 0) is 4.74 Å². The predicted molar refractivity (Wildman–Crippen MR) is 73.3 cm³/mol. The van der Waals surface area contributed by atoms with Crippen molar-refractivity contribution in [1.82, 2.24) is 9.97 Å². The smallest absolute Gasteiger partial charge is 0.136 e. The Morgan fingerprint density at radius 3 is 2.56 bits per heavy atom. The monoisotopic (exact) mass is 250 g/mol. The fourth-order valence-electron chi connectivity index (χ4n) is 1.97. The molecule has 0 aromatic carbocycles. The minimum absolute atomic E-state index is 0.236. The van der Waals surface area contributed by atoms with Gasteiger partial charge >= 0.3 is 0 Å². The van der Waals surface area contributed by atoms with Crippen molar-refractivity contribution in [3.63, 3.8) is 0 Å². The lowest BCUT2D eigenvalue weighted by molar-refractivity contribution is 0.190. The van der Waals surface area contributed by atoms with Gasteiger partial charge in [-0.15, -0.1) is 0 Å². The second kappa shape index (κ2) is 5.52. The van der Waals surface area contributed by atoms with E-state index < -0.39 is 0 Å². The van der Waals surface area contributed by atoms with Crippen molar-refractivity contribution < 1.29 is 4.74 Å². The predicted octanol–water partition coefficient (Wildman–Crippen LogP) is 2.15. The van der Waals surface area contributed by atoms with Gasteiger partial charge in [0, 0.05) is 31.7 Å². The zero-order chi connectivity index (χ0) is 13.1. The van der Waals surface area contributed by atoms with Gasteiger partial charge < -0.3 is 15.4 Å². The van der Waals surface area contributed by atoms with E-state index in [0.29, 0.717) is 12.5 Å². The third-order valence-corrected chi connectivity index (χ3v) is 3.14. The maximum atomic E-state index is 5.14. The first-order valence-corrected chi connectivity index (χ1v) is 6.47. The highest BCUT2D eigenvalue weighted by molar-refractivity contribution is 5.57. The Balaban J connectivity index is 2.23. The van der Waals surface area contributed by atoms with Crippen molar-refractivity contribution in [3.05, 3.63) is 11.4 Å². The highest BCUT2D eigenvalue weighted by Crippen LogP contribution is 2.39. The van der Waals surface area contributed by atoms with Gasteiger partial charge in [0.25, 0.3) is 0 Å². The van der Waals surface area contributed by atoms with Crippen LogP contribution in [-0.4, -0.2) is 36.8 Å². The van der Waals surface area contributed by atoms with Crippen LogP contribution in [0.2, 0.25) is 0 Å². The van der Waals surface area contributed by atoms with Crippen molar-refractivity contribution in [2.45, 2.75) is 38.6 Å². The summed E-state index contributed by atoms with van der Waals surface area (Å²) in [6, 6.07) is 0.236. The molecule has 0 bridgehead atoms. The van der Waals surface area contributed by atoms with Crippen molar-refractivity contribution in [3.8, 4) is 0 Å². The number of nitrogens with one attached hydrogen (secondary N) is 2. The fourth-order valence-corrected chi connectivity index (χ4v) is 1.97. The van der Waals surface area contributed by atoms with Gasteiger partial charge in [0.2, 0.25) is 0 Å². The third kappa shape index (κ3) is 2.90. The fraction of sp³-hybridized carbons (Fsp3) is 0.692. The molecule has 1 saturated carbocycles. The standard InChI is InChI=1S/C13H22N4O/c1-8(7-18-4)15-12-9(2)11(14-3)16-13(17-12)10-5-6-10/h8,10H,5-7H2,1-4H3,(H2,14,15,16,17). The summed E-state index contributed by atoms with van der Waals surface area (Å²) in [5, 5.41) is 6.53. The molecule has 1 atom stereocenters. The Bertz CT molecular complexity index is 418. The van der Waals surface area contributed by atoms with E-state index in [-0.39, 0.29) is 6.04 Å². The van der Waals surface area contributed by atoms with Gasteiger partial charge in [-0.05, 0) is 26.7 Å². The molecule has 1 heterocycles. The zero-order valence-electron chi connectivity index (χ0n) is 11.6. The molecule has 1 aliphatic rings. The lowest BCUT2D eigenvalue weighted by atomic mass is 10.2. The summed E-state index contributed by atoms with van der Waals surface area (Å²) in [5.74, 6) is 3.34. The van der Waals surface area contributed by atoms with E-state index in [1.165, 1.54) is 12.8 Å². The lowest BCUT2D eigenvalue weighted by Crippen LogP contribution is -2.23. The average molecular weight is 250 g/mol. The van der Waals surface area contributed by atoms with Gasteiger partial charge in [0.15, 0.2) is 0 Å². The summed E-state index contributed by atoms with van der Waals surface area (Å²) in [7, 11) is 3.61. The molecule has 2 N–H and O–H groups in total. The Kier molecular flexibility index (Phi) is 4.01. The average Bonchev–Trinajstić information content (AvgIpc) is 3.16. The molecule has 0 amide bonds. The maximum absolute atomic E-state index is 5.14. The molecule has 1 aromatic rings. The summed E-state index contributed by atoms with van der Waals surface area (Å²) in [6.07, 6.45) is 2.42. The van der Waals surface area contributed by atoms with Crippen LogP contribution in [0.5, 0.6) is 0 Å². The summed E-state index contributed by atoms with van der Waals surface area (Å²) in [4.78, 5) is 9.22. The number of anilines is 2. The minimum atomic E-state index is 0.236. The second-order valence-electron chi connectivity index (χ2n) is 4.93. The molecule has 1 unspecified atom stereocenters. The maximum Gasteiger partial charge on any atom is 0.136 e. The quantitative estimate of drug-likeness (QED) is 0.810. The normalized spacial score (nSPS) is 16.4. The van der Waals surface area contributed by atoms with Crippen LogP contribution in [0.3, 0.4) is 0 Å². The molecule has 100 valence electrons. The Hall–Kier alpha value is -1.36. The first kappa shape index (κ1) is 13.1. The van der Waals surface area contributed by atoms with Crippen LogP contribution in [0.4, 0.5) is 11.6 Å². The van der Waals surface area contributed by atoms with Crippen molar-refractivity contribution in [2.75, 3.05) is 31.4 Å². The van der Waals surface area contributed by atoms with E-state index in [2.05, 4.69) is 27.5 Å². The molecule has 0 aliphatic heterocycles. The molecular weight excluding hydrogens is 228 g/mol. The van der Waals surface area contributed by atoms with Crippen LogP contribution >= 0.6 is 0 Å². The van der Waals surface area contributed by atoms with Gasteiger partial charge in [0.1, 0.15) is 17.5 Å². The van der Waals surface area contributed by atoms with E-state index >= 15 is 0 Å². The number of methoxy groups -OCH3 is 1. The van der Waals surface area contributed by atoms with Crippen molar-refractivity contribution in [2.24, 2.45) is 0 Å². The molecule has 2 rings (SSSR count). The molecule has 1 aromatic heterocycles. The Morgan fingerprint density at radius 2 is 2.00 bits per heavy atom. The number of hydrogen-bond donors (Lipinski definition) is 2. The molecule has 1 fully saturated rings. The van der Waals surface area contributed by atoms with E-state index in [4.69, 9.17) is 4.74 Å². The van der Waals surface area contributed by atoms with Gasteiger partial charge in [-0.25, -0.2) is 9.97 Å². The van der Waals surface area contributed by atoms with E-state index in [9.17, 15) is 0 Å². The summed E-state index contributed by atoms with van der Waals surface area (Å²) in [5.41, 5.74) is 1.06. The second-order valence-corrected chi connectivity index (χ2v) is 4.93. The topological polar surface area (TPSA) is 59.1 Å². The number of rotatable bonds is 6. The van der Waals surface area contributed by atoms with Gasteiger partial charge in [-0.2, -0.15) is 0 Å². The zero-order valence-corrected chi connectivity index (χ0v) is 11.6. The molecule has 18 heavy (non-hydrogen) atoms. The minimum Gasteiger partial charge on any atom is -0.383 e. The third-order valence-electron chi connectivity index (χ3n) is 3.14. The first-order chi connectivity index (χ1) is 8.65. The highest BCUT2D eigenvalue weighted by atomic mass is 16.5. The van der Waals surface area contributed by atoms with Crippen molar-refractivity contribution >= 4 is 11.6 Å². The summed E-state index contributed by atoms with van der Waals surface area (Å²) in [6.45, 7) is 4.78. The number of ether oxygens (including phenoxy) is 1. The van der Waals surface area contributed by atoms with Gasteiger partial charge in [-0.1, -0.05) is 0 Å². The molecule has 0 saturated heterocycles. The SMILES string of the molecule is CNc1nc(C2CC2)nc(NC(C)COC)c1C. The summed E-state index contributed by atoms with van der Waals surface area (Å²) < 4.78 is 5.14. The largest absolute Gasteiger partial charge is 0.383 e. The Labute approximate surface area is 108 Å². The molecule has 5 nitrogen and oxygen atoms in total. The molecule has 0 radical (unpaired) electrons. The number of aromatic nitrogens is 2. The number of hydrogen-bond acceptors (Lipinski definition) is 5. The van der Waals surface area contributed by atoms with Crippen LogP contribution in [0.15, 0.2) is 0 Å². The number of nitrogens with zero attached hydrogens (tertiary/aromatic N) is 2. The van der Waals surface area contributed by atoms with Crippen LogP contribution in [0.1, 0.15) is 37.1 Å². The lowest BCUT2D eigenvalue weighted by Gasteiger charge is -2.17. The highest BCUT2D eigenvalue weighted by Gasteiger charge is 2.28. The van der Waals surface area contributed by atoms with Crippen LogP contribution in [0, 0.1) is 6.92 Å². The molecule has 5 heteroatoms. The van der Waals surface area contributed by atoms with Crippen LogP contribution < -0.4 is 10.6 Å². The molecule has 1 aliphatic carbocycles. The van der Waals surface area contributed by atoms with Crippen molar-refractivity contribution in [1.29, 1.82) is 0 Å². The van der Waals surface area contributed by atoms with E-state index in [0.717, 1.165) is 23.0 Å². The Morgan fingerprint density at radius 1 is 1.33 bits per heavy atom. The van der Waals surface area contributed by atoms with Gasteiger partial charge in [0.05, 0.1) is 6.61 Å².